The summed E-state index contributed by atoms with van der Waals surface area (Å²) in [6, 6.07) is 10.9. The molecule has 0 aromatic heterocycles. The molecule has 0 radical (unpaired) electrons. The smallest absolute Gasteiger partial charge is 0.333 e. The predicted molar refractivity (Wildman–Crippen MR) is 213 cm³/mol. The molecular formula is C41H52N3O10S2+. The van der Waals surface area contributed by atoms with Crippen molar-refractivity contribution in [1.29, 1.82) is 0 Å². The van der Waals surface area contributed by atoms with Crippen molar-refractivity contribution in [2.24, 2.45) is 0 Å². The van der Waals surface area contributed by atoms with Crippen molar-refractivity contribution in [3.05, 3.63) is 89.2 Å². The van der Waals surface area contributed by atoms with E-state index in [2.05, 4.69) is 49.9 Å². The highest BCUT2D eigenvalue weighted by Crippen LogP contribution is 2.51. The molecule has 2 aromatic rings. The number of hydroxylamine groups is 2. The van der Waals surface area contributed by atoms with Gasteiger partial charge in [0.1, 0.15) is 6.54 Å². The van der Waals surface area contributed by atoms with E-state index in [1.54, 1.807) is 6.07 Å². The largest absolute Gasteiger partial charge is 0.344 e. The molecule has 0 saturated carbocycles. The minimum atomic E-state index is -4.46. The van der Waals surface area contributed by atoms with Gasteiger partial charge in [-0.1, -0.05) is 55.7 Å². The van der Waals surface area contributed by atoms with Crippen LogP contribution in [0.3, 0.4) is 0 Å². The fourth-order valence-corrected chi connectivity index (χ4v) is 8.94. The number of allylic oxidation sites excluding steroid dienone is 6. The van der Waals surface area contributed by atoms with Gasteiger partial charge in [-0.3, -0.25) is 18.7 Å². The van der Waals surface area contributed by atoms with Crippen LogP contribution in [-0.4, -0.2) is 77.9 Å². The lowest BCUT2D eigenvalue weighted by Gasteiger charge is -2.30. The molecule has 2 N–H and O–H groups in total. The summed E-state index contributed by atoms with van der Waals surface area (Å²) in [6.45, 7) is 11.4. The lowest BCUT2D eigenvalue weighted by molar-refractivity contribution is -0.437. The summed E-state index contributed by atoms with van der Waals surface area (Å²) in [5.41, 5.74) is 5.77. The summed E-state index contributed by atoms with van der Waals surface area (Å²) in [5.74, 6) is -2.02. The third-order valence-corrected chi connectivity index (χ3v) is 12.4. The number of anilines is 1. The van der Waals surface area contributed by atoms with Crippen LogP contribution in [-0.2, 0) is 50.3 Å². The van der Waals surface area contributed by atoms with Gasteiger partial charge in [0.05, 0.1) is 16.1 Å². The van der Waals surface area contributed by atoms with Crippen LogP contribution in [0.5, 0.6) is 0 Å². The molecule has 1 unspecified atom stereocenters. The van der Waals surface area contributed by atoms with Crippen molar-refractivity contribution in [2.75, 3.05) is 23.7 Å². The van der Waals surface area contributed by atoms with Crippen LogP contribution < -0.4 is 4.90 Å². The molecule has 1 atom stereocenters. The second kappa shape index (κ2) is 17.0. The Morgan fingerprint density at radius 2 is 1.62 bits per heavy atom. The molecule has 5 rings (SSSR count). The van der Waals surface area contributed by atoms with Crippen molar-refractivity contribution in [1.82, 2.24) is 5.06 Å². The highest BCUT2D eigenvalue weighted by atomic mass is 32.2. The standard InChI is InChI=1S/C41H51N3O10S2/c1-6-24-42-34-19-17-29(2)27-32(34)41(5,23-12-8-11-16-39(47)54-44-37(45)21-22-38(44)46)36(42)15-10-7-9-14-35-40(3,4)31-28-30(56(51,52)53)18-20-33(31)43(35)25-13-26-55(48,49)50/h7,9-10,14-15,17-20,27-28H,6,8,11-13,16,21-26H2,1-5H3,(H-,48,49,50,51,52,53)/p+1. The number of carbonyl (C=O) groups excluding carboxylic acids is 3. The first-order valence-corrected chi connectivity index (χ1v) is 22.1. The monoisotopic (exact) mass is 810 g/mol. The molecule has 15 heteroatoms. The maximum Gasteiger partial charge on any atom is 0.333 e. The number of imide groups is 1. The molecule has 0 spiro atoms. The Balaban J connectivity index is 1.37. The molecule has 1 fully saturated rings. The average Bonchev–Trinajstić information content (AvgIpc) is 3.63. The van der Waals surface area contributed by atoms with Gasteiger partial charge < -0.3 is 9.74 Å². The van der Waals surface area contributed by atoms with E-state index in [0.29, 0.717) is 22.7 Å². The number of hydrogen-bond acceptors (Lipinski definition) is 9. The molecule has 2 amide bonds. The number of nitrogens with zero attached hydrogens (tertiary/aromatic N) is 3. The highest BCUT2D eigenvalue weighted by molar-refractivity contribution is 7.86. The van der Waals surface area contributed by atoms with Crippen LogP contribution in [0.2, 0.25) is 0 Å². The summed E-state index contributed by atoms with van der Waals surface area (Å²) in [5, 5.41) is 0.585. The zero-order valence-corrected chi connectivity index (χ0v) is 34.3. The fourth-order valence-electron chi connectivity index (χ4n) is 7.94. The number of carbonyl (C=O) groups is 3. The molecule has 3 aliphatic heterocycles. The maximum absolute atomic E-state index is 12.4. The van der Waals surface area contributed by atoms with Crippen LogP contribution in [0.25, 0.3) is 0 Å². The quantitative estimate of drug-likeness (QED) is 0.0576. The minimum Gasteiger partial charge on any atom is -0.344 e. The molecule has 0 aliphatic carbocycles. The number of benzene rings is 2. The summed E-state index contributed by atoms with van der Waals surface area (Å²) in [7, 11) is -8.65. The van der Waals surface area contributed by atoms with Crippen LogP contribution in [0.1, 0.15) is 102 Å². The van der Waals surface area contributed by atoms with E-state index < -0.39 is 49.2 Å². The van der Waals surface area contributed by atoms with Gasteiger partial charge in [-0.15, -0.1) is 5.06 Å². The Labute approximate surface area is 329 Å². The second-order valence-corrected chi connectivity index (χ2v) is 18.4. The summed E-state index contributed by atoms with van der Waals surface area (Å²) < 4.78 is 68.0. The lowest BCUT2D eigenvalue weighted by Crippen LogP contribution is -2.32. The Kier molecular flexibility index (Phi) is 12.9. The molecule has 3 heterocycles. The van der Waals surface area contributed by atoms with Gasteiger partial charge in [-0.2, -0.15) is 21.4 Å². The van der Waals surface area contributed by atoms with Crippen LogP contribution >= 0.6 is 0 Å². The summed E-state index contributed by atoms with van der Waals surface area (Å²) in [4.78, 5) is 43.2. The second-order valence-electron chi connectivity index (χ2n) is 15.4. The zero-order valence-electron chi connectivity index (χ0n) is 32.7. The molecule has 0 bridgehead atoms. The summed E-state index contributed by atoms with van der Waals surface area (Å²) >= 11 is 0. The number of unbranched alkanes of at least 4 members (excludes halogenated alkanes) is 2. The number of rotatable bonds is 17. The van der Waals surface area contributed by atoms with Gasteiger partial charge in [-0.05, 0) is 76.8 Å². The minimum absolute atomic E-state index is 0.0533. The first-order valence-electron chi connectivity index (χ1n) is 19.0. The van der Waals surface area contributed by atoms with E-state index in [0.717, 1.165) is 54.9 Å². The Hall–Kier alpha value is -4.44. The average molecular weight is 811 g/mol. The molecule has 2 aromatic carbocycles. The van der Waals surface area contributed by atoms with Gasteiger partial charge in [0, 0.05) is 66.7 Å². The van der Waals surface area contributed by atoms with E-state index >= 15 is 0 Å². The number of hydrogen-bond donors (Lipinski definition) is 2. The van der Waals surface area contributed by atoms with Gasteiger partial charge >= 0.3 is 5.97 Å². The summed E-state index contributed by atoms with van der Waals surface area (Å²) in [6.07, 6.45) is 14.0. The van der Waals surface area contributed by atoms with E-state index in [4.69, 9.17) is 4.84 Å². The highest BCUT2D eigenvalue weighted by Gasteiger charge is 2.45. The van der Waals surface area contributed by atoms with Gasteiger partial charge in [0.2, 0.25) is 5.69 Å². The third-order valence-electron chi connectivity index (χ3n) is 10.8. The third kappa shape index (κ3) is 9.39. The topological polar surface area (TPSA) is 179 Å². The Morgan fingerprint density at radius 1 is 0.911 bits per heavy atom. The Bertz CT molecular complexity index is 2220. The van der Waals surface area contributed by atoms with Crippen molar-refractivity contribution in [3.63, 3.8) is 0 Å². The Morgan fingerprint density at radius 3 is 2.29 bits per heavy atom. The van der Waals surface area contributed by atoms with Gasteiger partial charge in [0.15, 0.2) is 5.71 Å². The van der Waals surface area contributed by atoms with Crippen LogP contribution in [0.4, 0.5) is 11.4 Å². The van der Waals surface area contributed by atoms with E-state index in [1.165, 1.54) is 17.7 Å². The molecule has 13 nitrogen and oxygen atoms in total. The molecule has 302 valence electrons. The van der Waals surface area contributed by atoms with E-state index in [9.17, 15) is 40.3 Å². The number of aryl methyl sites for hydroxylation is 1. The number of fused-ring (bicyclic) bond motifs is 2. The first kappa shape index (κ1) is 42.7. The maximum atomic E-state index is 12.4. The molecule has 1 saturated heterocycles. The fraction of sp³-hybridized carbons (Fsp3) is 0.463. The number of amides is 2. The van der Waals surface area contributed by atoms with Gasteiger partial charge in [-0.25, -0.2) is 4.79 Å². The zero-order chi connectivity index (χ0) is 41.1. The normalized spacial score (nSPS) is 20.3. The first-order chi connectivity index (χ1) is 26.3. The van der Waals surface area contributed by atoms with Gasteiger partial charge in [0.25, 0.3) is 32.1 Å². The molecular weight excluding hydrogens is 759 g/mol. The lowest BCUT2D eigenvalue weighted by atomic mass is 9.76. The van der Waals surface area contributed by atoms with Crippen molar-refractivity contribution in [3.8, 4) is 0 Å². The van der Waals surface area contributed by atoms with Crippen molar-refractivity contribution in [2.45, 2.75) is 108 Å². The van der Waals surface area contributed by atoms with Crippen LogP contribution in [0.15, 0.2) is 77.4 Å². The van der Waals surface area contributed by atoms with Crippen molar-refractivity contribution < 1.29 is 49.7 Å². The van der Waals surface area contributed by atoms with E-state index in [1.807, 2.05) is 42.7 Å². The molecule has 56 heavy (non-hydrogen) atoms. The molecule has 3 aliphatic rings. The van der Waals surface area contributed by atoms with E-state index in [-0.39, 0.29) is 42.5 Å². The van der Waals surface area contributed by atoms with Crippen molar-refractivity contribution >= 4 is 55.1 Å². The predicted octanol–water partition coefficient (Wildman–Crippen LogP) is 6.64. The SMILES string of the molecule is CCCN1C(=CC=CC=CC2=[N+](CCCS(=O)(=O)O)c3ccc(S(=O)(=O)O)cc3C2(C)C)C(C)(CCCCCC(=O)ON2C(=O)CCC2=O)c2cc(C)ccc21. The van der Waals surface area contributed by atoms with Crippen LogP contribution in [0, 0.1) is 6.92 Å².